The van der Waals surface area contributed by atoms with Crippen LogP contribution in [-0.4, -0.2) is 15.1 Å². The first-order valence-electron chi connectivity index (χ1n) is 4.99. The van der Waals surface area contributed by atoms with Crippen molar-refractivity contribution in [3.05, 3.63) is 57.6 Å². The highest BCUT2D eigenvalue weighted by Gasteiger charge is 2.17. The van der Waals surface area contributed by atoms with Gasteiger partial charge in [0.05, 0.1) is 15.7 Å². The van der Waals surface area contributed by atoms with E-state index in [0.29, 0.717) is 21.3 Å². The monoisotopic (exact) mass is 268 g/mol. The number of aliphatic hydroxyl groups is 1. The molecule has 2 heterocycles. The molecule has 0 fully saturated rings. The summed E-state index contributed by atoms with van der Waals surface area (Å²) in [4.78, 5) is 8.04. The number of nitrogens with zero attached hydrogens (tertiary/aromatic N) is 2. The van der Waals surface area contributed by atoms with E-state index in [1.807, 2.05) is 13.0 Å². The first-order valence-corrected chi connectivity index (χ1v) is 5.74. The highest BCUT2D eigenvalue weighted by atomic mass is 35.5. The van der Waals surface area contributed by atoms with Gasteiger partial charge in [0.2, 0.25) is 0 Å². The Morgan fingerprint density at radius 3 is 2.71 bits per heavy atom. The molecule has 1 atom stereocenters. The topological polar surface area (TPSA) is 46.0 Å². The van der Waals surface area contributed by atoms with E-state index in [2.05, 4.69) is 9.97 Å². The summed E-state index contributed by atoms with van der Waals surface area (Å²) in [5, 5.41) is 11.0. The zero-order chi connectivity index (χ0) is 12.4. The van der Waals surface area contributed by atoms with Crippen molar-refractivity contribution in [3.8, 4) is 0 Å². The normalized spacial score (nSPS) is 12.5. The molecule has 0 spiro atoms. The van der Waals surface area contributed by atoms with Crippen LogP contribution in [0.1, 0.15) is 22.9 Å². The number of hydrogen-bond acceptors (Lipinski definition) is 3. The van der Waals surface area contributed by atoms with Crippen LogP contribution in [-0.2, 0) is 0 Å². The molecule has 0 bridgehead atoms. The van der Waals surface area contributed by atoms with Crippen molar-refractivity contribution in [2.75, 3.05) is 0 Å². The van der Waals surface area contributed by atoms with Crippen LogP contribution in [0.2, 0.25) is 10.0 Å². The van der Waals surface area contributed by atoms with Crippen LogP contribution in [0.4, 0.5) is 0 Å². The zero-order valence-electron chi connectivity index (χ0n) is 9.06. The minimum Gasteiger partial charge on any atom is -0.382 e. The van der Waals surface area contributed by atoms with E-state index in [-0.39, 0.29) is 0 Å². The number of aromatic nitrogens is 2. The number of aliphatic hydroxyl groups excluding tert-OH is 1. The number of pyridine rings is 2. The van der Waals surface area contributed by atoms with E-state index in [1.54, 1.807) is 18.5 Å². The smallest absolute Gasteiger partial charge is 0.124 e. The maximum absolute atomic E-state index is 10.2. The molecule has 88 valence electrons. The van der Waals surface area contributed by atoms with E-state index < -0.39 is 6.10 Å². The van der Waals surface area contributed by atoms with Crippen molar-refractivity contribution in [3.63, 3.8) is 0 Å². The average molecular weight is 269 g/mol. The quantitative estimate of drug-likeness (QED) is 0.910. The van der Waals surface area contributed by atoms with Gasteiger partial charge in [-0.3, -0.25) is 9.97 Å². The van der Waals surface area contributed by atoms with Crippen LogP contribution in [0, 0.1) is 6.92 Å². The number of hydrogen-bond donors (Lipinski definition) is 1. The highest BCUT2D eigenvalue weighted by Crippen LogP contribution is 2.29. The third-order valence-corrected chi connectivity index (χ3v) is 2.98. The molecule has 1 N–H and O–H groups in total. The average Bonchev–Trinajstić information content (AvgIpc) is 2.29. The molecule has 0 aromatic carbocycles. The lowest BCUT2D eigenvalue weighted by atomic mass is 10.0. The zero-order valence-corrected chi connectivity index (χ0v) is 10.6. The number of aryl methyl sites for hydroxylation is 1. The second kappa shape index (κ2) is 5.00. The summed E-state index contributed by atoms with van der Waals surface area (Å²) in [5.74, 6) is 0. The second-order valence-electron chi connectivity index (χ2n) is 3.66. The van der Waals surface area contributed by atoms with Gasteiger partial charge in [0.25, 0.3) is 0 Å². The Morgan fingerprint density at radius 1 is 1.29 bits per heavy atom. The van der Waals surface area contributed by atoms with Gasteiger partial charge in [-0.05, 0) is 24.6 Å². The highest BCUT2D eigenvalue weighted by molar-refractivity contribution is 6.34. The van der Waals surface area contributed by atoms with Gasteiger partial charge in [-0.1, -0.05) is 23.2 Å². The predicted molar refractivity (Wildman–Crippen MR) is 67.3 cm³/mol. The van der Waals surface area contributed by atoms with Crippen molar-refractivity contribution in [1.29, 1.82) is 0 Å². The van der Waals surface area contributed by atoms with Crippen molar-refractivity contribution in [1.82, 2.24) is 9.97 Å². The Hall–Kier alpha value is -1.16. The van der Waals surface area contributed by atoms with Gasteiger partial charge in [0, 0.05) is 24.2 Å². The molecule has 0 saturated carbocycles. The summed E-state index contributed by atoms with van der Waals surface area (Å²) in [6.07, 6.45) is 3.83. The van der Waals surface area contributed by atoms with Gasteiger partial charge in [-0.15, -0.1) is 0 Å². The summed E-state index contributed by atoms with van der Waals surface area (Å²) in [6.45, 7) is 1.89. The largest absolute Gasteiger partial charge is 0.382 e. The van der Waals surface area contributed by atoms with Crippen LogP contribution in [0.15, 0.2) is 30.7 Å². The van der Waals surface area contributed by atoms with Crippen LogP contribution >= 0.6 is 23.2 Å². The van der Waals surface area contributed by atoms with Crippen molar-refractivity contribution < 1.29 is 5.11 Å². The summed E-state index contributed by atoms with van der Waals surface area (Å²) in [6, 6.07) is 3.38. The molecule has 3 nitrogen and oxygen atoms in total. The minimum absolute atomic E-state index is 0.341. The predicted octanol–water partition coefficient (Wildman–Crippen LogP) is 3.17. The molecular formula is C12H10Cl2N2O. The summed E-state index contributed by atoms with van der Waals surface area (Å²) in [7, 11) is 0. The van der Waals surface area contributed by atoms with Crippen LogP contribution in [0.25, 0.3) is 0 Å². The molecular weight excluding hydrogens is 259 g/mol. The molecule has 0 amide bonds. The fourth-order valence-corrected chi connectivity index (χ4v) is 2.02. The molecule has 1 unspecified atom stereocenters. The van der Waals surface area contributed by atoms with Crippen molar-refractivity contribution >= 4 is 23.2 Å². The molecule has 17 heavy (non-hydrogen) atoms. The number of halogens is 2. The molecule has 5 heteroatoms. The minimum atomic E-state index is -0.895. The Bertz CT molecular complexity index is 546. The first-order chi connectivity index (χ1) is 8.09. The van der Waals surface area contributed by atoms with E-state index >= 15 is 0 Å². The third kappa shape index (κ3) is 2.57. The SMILES string of the molecule is Cc1ccncc1C(O)c1ncc(Cl)cc1Cl. The Morgan fingerprint density at radius 2 is 2.06 bits per heavy atom. The lowest BCUT2D eigenvalue weighted by Crippen LogP contribution is -2.05. The molecule has 0 aliphatic heterocycles. The lowest BCUT2D eigenvalue weighted by Gasteiger charge is -2.13. The van der Waals surface area contributed by atoms with Gasteiger partial charge in [-0.25, -0.2) is 0 Å². The Balaban J connectivity index is 2.44. The fraction of sp³-hybridized carbons (Fsp3) is 0.167. The maximum Gasteiger partial charge on any atom is 0.124 e. The van der Waals surface area contributed by atoms with Gasteiger partial charge < -0.3 is 5.11 Å². The van der Waals surface area contributed by atoms with Gasteiger partial charge in [0.1, 0.15) is 6.10 Å². The molecule has 0 saturated heterocycles. The standard InChI is InChI=1S/C12H10Cl2N2O/c1-7-2-3-15-6-9(7)12(17)11-10(14)4-8(13)5-16-11/h2-6,12,17H,1H3. The lowest BCUT2D eigenvalue weighted by molar-refractivity contribution is 0.214. The third-order valence-electron chi connectivity index (χ3n) is 2.47. The van der Waals surface area contributed by atoms with E-state index in [1.165, 1.54) is 6.20 Å². The number of rotatable bonds is 2. The van der Waals surface area contributed by atoms with E-state index in [4.69, 9.17) is 23.2 Å². The summed E-state index contributed by atoms with van der Waals surface area (Å²) >= 11 is 11.8. The molecule has 0 radical (unpaired) electrons. The van der Waals surface area contributed by atoms with E-state index in [9.17, 15) is 5.11 Å². The fourth-order valence-electron chi connectivity index (χ4n) is 1.54. The van der Waals surface area contributed by atoms with Crippen molar-refractivity contribution in [2.24, 2.45) is 0 Å². The first kappa shape index (κ1) is 12.3. The van der Waals surface area contributed by atoms with Crippen LogP contribution in [0.5, 0.6) is 0 Å². The molecule has 0 aliphatic rings. The van der Waals surface area contributed by atoms with Gasteiger partial charge >= 0.3 is 0 Å². The molecule has 2 rings (SSSR count). The second-order valence-corrected chi connectivity index (χ2v) is 4.50. The molecule has 0 aliphatic carbocycles. The molecule has 2 aromatic heterocycles. The Kier molecular flexibility index (Phi) is 3.62. The summed E-state index contributed by atoms with van der Waals surface area (Å²) in [5.41, 5.74) is 2.00. The van der Waals surface area contributed by atoms with Gasteiger partial charge in [0.15, 0.2) is 0 Å². The van der Waals surface area contributed by atoms with Crippen LogP contribution in [0.3, 0.4) is 0 Å². The Labute approximate surface area is 109 Å². The maximum atomic E-state index is 10.2. The van der Waals surface area contributed by atoms with Crippen LogP contribution < -0.4 is 0 Å². The molecule has 2 aromatic rings. The van der Waals surface area contributed by atoms with Gasteiger partial charge in [-0.2, -0.15) is 0 Å². The van der Waals surface area contributed by atoms with Crippen molar-refractivity contribution in [2.45, 2.75) is 13.0 Å². The summed E-state index contributed by atoms with van der Waals surface area (Å²) < 4.78 is 0. The van der Waals surface area contributed by atoms with E-state index in [0.717, 1.165) is 5.56 Å².